The standard InChI is InChI=1S/C20H21N3O2/c1-20(2)12-24-19(25-13-20)18-22-16(14-6-4-3-5-7-14)17(23-18)15-8-10-21-11-9-15/h3-11,19H,12-13H2,1-2H3,(H,22,23). The predicted molar refractivity (Wildman–Crippen MR) is 95.7 cm³/mol. The lowest BCUT2D eigenvalue weighted by Gasteiger charge is -2.33. The van der Waals surface area contributed by atoms with Gasteiger partial charge in [0.1, 0.15) is 0 Å². The Kier molecular flexibility index (Phi) is 4.11. The van der Waals surface area contributed by atoms with Gasteiger partial charge in [-0.1, -0.05) is 44.2 Å². The van der Waals surface area contributed by atoms with E-state index in [1.807, 2.05) is 30.3 Å². The van der Waals surface area contributed by atoms with E-state index in [1.165, 1.54) is 0 Å². The van der Waals surface area contributed by atoms with E-state index in [0.29, 0.717) is 19.0 Å². The third-order valence-corrected chi connectivity index (χ3v) is 4.21. The van der Waals surface area contributed by atoms with E-state index in [2.05, 4.69) is 35.9 Å². The van der Waals surface area contributed by atoms with Gasteiger partial charge in [0, 0.05) is 28.9 Å². The monoisotopic (exact) mass is 335 g/mol. The Balaban J connectivity index is 1.74. The number of H-pyrrole nitrogens is 1. The van der Waals surface area contributed by atoms with Crippen molar-refractivity contribution in [2.45, 2.75) is 20.1 Å². The molecule has 1 aliphatic rings. The van der Waals surface area contributed by atoms with Crippen molar-refractivity contribution in [3.63, 3.8) is 0 Å². The Morgan fingerprint density at radius 2 is 1.64 bits per heavy atom. The number of hydrogen-bond donors (Lipinski definition) is 1. The first-order valence-corrected chi connectivity index (χ1v) is 8.41. The zero-order valence-corrected chi connectivity index (χ0v) is 14.4. The molecule has 1 saturated heterocycles. The largest absolute Gasteiger partial charge is 0.345 e. The van der Waals surface area contributed by atoms with Crippen LogP contribution >= 0.6 is 0 Å². The van der Waals surface area contributed by atoms with Crippen LogP contribution in [0.4, 0.5) is 0 Å². The molecule has 5 nitrogen and oxygen atoms in total. The van der Waals surface area contributed by atoms with Crippen LogP contribution in [0.5, 0.6) is 0 Å². The van der Waals surface area contributed by atoms with Gasteiger partial charge in [0.2, 0.25) is 6.29 Å². The van der Waals surface area contributed by atoms with E-state index in [0.717, 1.165) is 22.5 Å². The average molecular weight is 335 g/mol. The number of nitrogens with one attached hydrogen (secondary N) is 1. The number of ether oxygens (including phenoxy) is 2. The van der Waals surface area contributed by atoms with Crippen molar-refractivity contribution in [3.8, 4) is 22.5 Å². The van der Waals surface area contributed by atoms with Crippen LogP contribution in [-0.2, 0) is 9.47 Å². The summed E-state index contributed by atoms with van der Waals surface area (Å²) in [4.78, 5) is 12.3. The minimum absolute atomic E-state index is 0.0271. The van der Waals surface area contributed by atoms with Crippen molar-refractivity contribution in [1.82, 2.24) is 15.0 Å². The Labute approximate surface area is 147 Å². The summed E-state index contributed by atoms with van der Waals surface area (Å²) in [6.07, 6.45) is 3.09. The summed E-state index contributed by atoms with van der Waals surface area (Å²) >= 11 is 0. The lowest BCUT2D eigenvalue weighted by atomic mass is 9.96. The lowest BCUT2D eigenvalue weighted by molar-refractivity contribution is -0.229. The molecule has 1 aromatic carbocycles. The molecular weight excluding hydrogens is 314 g/mol. The van der Waals surface area contributed by atoms with Gasteiger partial charge >= 0.3 is 0 Å². The summed E-state index contributed by atoms with van der Waals surface area (Å²) < 4.78 is 11.8. The number of nitrogens with zero attached hydrogens (tertiary/aromatic N) is 2. The van der Waals surface area contributed by atoms with E-state index >= 15 is 0 Å². The quantitative estimate of drug-likeness (QED) is 0.779. The minimum Gasteiger partial charge on any atom is -0.345 e. The maximum absolute atomic E-state index is 5.89. The normalized spacial score (nSPS) is 17.5. The van der Waals surface area contributed by atoms with Crippen LogP contribution in [0.3, 0.4) is 0 Å². The highest BCUT2D eigenvalue weighted by molar-refractivity contribution is 5.78. The van der Waals surface area contributed by atoms with Crippen molar-refractivity contribution in [1.29, 1.82) is 0 Å². The molecule has 1 N–H and O–H groups in total. The van der Waals surface area contributed by atoms with Gasteiger partial charge in [0.05, 0.1) is 24.6 Å². The Morgan fingerprint density at radius 3 is 2.32 bits per heavy atom. The molecule has 1 aliphatic heterocycles. The van der Waals surface area contributed by atoms with Gasteiger partial charge < -0.3 is 14.5 Å². The molecular formula is C20H21N3O2. The summed E-state index contributed by atoms with van der Waals surface area (Å²) in [5.74, 6) is 0.696. The molecule has 3 heterocycles. The molecule has 0 aliphatic carbocycles. The zero-order valence-electron chi connectivity index (χ0n) is 14.4. The molecule has 0 unspecified atom stereocenters. The lowest BCUT2D eigenvalue weighted by Crippen LogP contribution is -2.34. The highest BCUT2D eigenvalue weighted by Crippen LogP contribution is 2.35. The third kappa shape index (κ3) is 3.34. The fourth-order valence-electron chi connectivity index (χ4n) is 2.89. The summed E-state index contributed by atoms with van der Waals surface area (Å²) in [6.45, 7) is 5.54. The molecule has 4 rings (SSSR count). The molecule has 1 fully saturated rings. The Morgan fingerprint density at radius 1 is 0.960 bits per heavy atom. The molecule has 0 atom stereocenters. The van der Waals surface area contributed by atoms with Crippen molar-refractivity contribution in [2.75, 3.05) is 13.2 Å². The summed E-state index contributed by atoms with van der Waals surface area (Å²) in [5.41, 5.74) is 3.94. The van der Waals surface area contributed by atoms with Gasteiger partial charge in [-0.3, -0.25) is 4.98 Å². The number of pyridine rings is 1. The van der Waals surface area contributed by atoms with Crippen molar-refractivity contribution < 1.29 is 9.47 Å². The highest BCUT2D eigenvalue weighted by Gasteiger charge is 2.31. The molecule has 2 aromatic heterocycles. The predicted octanol–water partition coefficient (Wildman–Crippen LogP) is 4.21. The number of hydrogen-bond acceptors (Lipinski definition) is 4. The summed E-state index contributed by atoms with van der Waals surface area (Å²) in [7, 11) is 0. The molecule has 0 saturated carbocycles. The molecule has 5 heteroatoms. The van der Waals surface area contributed by atoms with E-state index in [1.54, 1.807) is 12.4 Å². The third-order valence-electron chi connectivity index (χ3n) is 4.21. The second-order valence-corrected chi connectivity index (χ2v) is 7.07. The van der Waals surface area contributed by atoms with Crippen LogP contribution in [0.15, 0.2) is 54.9 Å². The Bertz CT molecular complexity index is 777. The summed E-state index contributed by atoms with van der Waals surface area (Å²) in [6, 6.07) is 14.1. The molecule has 0 radical (unpaired) electrons. The van der Waals surface area contributed by atoms with Crippen molar-refractivity contribution in [3.05, 3.63) is 60.7 Å². The van der Waals surface area contributed by atoms with Crippen LogP contribution in [0.2, 0.25) is 0 Å². The Hall–Kier alpha value is -2.50. The maximum atomic E-state index is 5.89. The van der Waals surface area contributed by atoms with Gasteiger partial charge in [-0.25, -0.2) is 4.98 Å². The van der Waals surface area contributed by atoms with Crippen LogP contribution < -0.4 is 0 Å². The average Bonchev–Trinajstić information content (AvgIpc) is 3.08. The van der Waals surface area contributed by atoms with Crippen LogP contribution in [0.25, 0.3) is 22.5 Å². The van der Waals surface area contributed by atoms with E-state index in [-0.39, 0.29) is 5.41 Å². The van der Waals surface area contributed by atoms with Gasteiger partial charge in [-0.2, -0.15) is 0 Å². The first-order chi connectivity index (χ1) is 12.1. The molecule has 0 spiro atoms. The second kappa shape index (κ2) is 6.43. The van der Waals surface area contributed by atoms with Crippen LogP contribution in [0.1, 0.15) is 26.0 Å². The highest BCUT2D eigenvalue weighted by atomic mass is 16.7. The van der Waals surface area contributed by atoms with Gasteiger partial charge in [0.25, 0.3) is 0 Å². The van der Waals surface area contributed by atoms with Crippen LogP contribution in [-0.4, -0.2) is 28.2 Å². The molecule has 0 bridgehead atoms. The van der Waals surface area contributed by atoms with Crippen LogP contribution in [0, 0.1) is 5.41 Å². The van der Waals surface area contributed by atoms with Gasteiger partial charge in [-0.15, -0.1) is 0 Å². The fourth-order valence-corrected chi connectivity index (χ4v) is 2.89. The minimum atomic E-state index is -0.467. The van der Waals surface area contributed by atoms with Crippen molar-refractivity contribution in [2.24, 2.45) is 5.41 Å². The van der Waals surface area contributed by atoms with E-state index in [4.69, 9.17) is 14.5 Å². The molecule has 128 valence electrons. The topological polar surface area (TPSA) is 60.0 Å². The summed E-state index contributed by atoms with van der Waals surface area (Å²) in [5, 5.41) is 0. The van der Waals surface area contributed by atoms with Gasteiger partial charge in [0.15, 0.2) is 5.82 Å². The molecule has 3 aromatic rings. The van der Waals surface area contributed by atoms with Crippen molar-refractivity contribution >= 4 is 0 Å². The van der Waals surface area contributed by atoms with Gasteiger partial charge in [-0.05, 0) is 12.1 Å². The number of aromatic amines is 1. The number of benzene rings is 1. The second-order valence-electron chi connectivity index (χ2n) is 7.07. The first-order valence-electron chi connectivity index (χ1n) is 8.41. The number of aromatic nitrogens is 3. The first kappa shape index (κ1) is 16.0. The molecule has 0 amide bonds. The SMILES string of the molecule is CC1(C)COC(c2nc(-c3ccccc3)c(-c3ccncc3)[nH]2)OC1. The zero-order chi connectivity index (χ0) is 17.3. The van der Waals surface area contributed by atoms with E-state index < -0.39 is 6.29 Å². The number of rotatable bonds is 3. The smallest absolute Gasteiger partial charge is 0.217 e. The molecule has 25 heavy (non-hydrogen) atoms. The number of imidazole rings is 1. The maximum Gasteiger partial charge on any atom is 0.217 e. The fraction of sp³-hybridized carbons (Fsp3) is 0.300. The van der Waals surface area contributed by atoms with E-state index in [9.17, 15) is 0 Å².